The van der Waals surface area contributed by atoms with Gasteiger partial charge in [0.15, 0.2) is 0 Å². The van der Waals surface area contributed by atoms with E-state index < -0.39 is 0 Å². The van der Waals surface area contributed by atoms with E-state index in [0.717, 1.165) is 12.8 Å². The third-order valence-corrected chi connectivity index (χ3v) is 5.96. The zero-order chi connectivity index (χ0) is 15.9. The summed E-state index contributed by atoms with van der Waals surface area (Å²) in [5, 5.41) is 3.51. The fourth-order valence-corrected chi connectivity index (χ4v) is 4.85. The van der Waals surface area contributed by atoms with Crippen LogP contribution < -0.4 is 5.32 Å². The topological polar surface area (TPSA) is 29.1 Å². The fraction of sp³-hybridized carbons (Fsp3) is 0.381. The molecule has 2 atom stereocenters. The summed E-state index contributed by atoms with van der Waals surface area (Å²) in [6.45, 7) is 0. The molecule has 0 heterocycles. The fourth-order valence-electron chi connectivity index (χ4n) is 4.85. The molecule has 5 rings (SSSR count). The molecule has 1 N–H and O–H groups in total. The largest absolute Gasteiger partial charge is 0.314 e. The lowest BCUT2D eigenvalue weighted by Gasteiger charge is -2.54. The highest BCUT2D eigenvalue weighted by molar-refractivity contribution is 5.86. The van der Waals surface area contributed by atoms with E-state index >= 15 is 0 Å². The predicted octanol–water partition coefficient (Wildman–Crippen LogP) is 3.90. The summed E-state index contributed by atoms with van der Waals surface area (Å²) in [5.41, 5.74) is 2.57. The highest BCUT2D eigenvalue weighted by Crippen LogP contribution is 2.56. The summed E-state index contributed by atoms with van der Waals surface area (Å²) in [5.74, 6) is 1.20. The molecule has 2 bridgehead atoms. The molecule has 0 aliphatic heterocycles. The van der Waals surface area contributed by atoms with Crippen molar-refractivity contribution in [3.05, 3.63) is 71.8 Å². The van der Waals surface area contributed by atoms with Crippen molar-refractivity contribution in [3.63, 3.8) is 0 Å². The minimum Gasteiger partial charge on any atom is -0.314 e. The van der Waals surface area contributed by atoms with Crippen LogP contribution in [0, 0.1) is 5.92 Å². The Morgan fingerprint density at radius 2 is 1.35 bits per heavy atom. The van der Waals surface area contributed by atoms with E-state index in [1.165, 1.54) is 11.1 Å². The Morgan fingerprint density at radius 3 is 1.78 bits per heavy atom. The quantitative estimate of drug-likeness (QED) is 0.932. The maximum Gasteiger partial charge on any atom is 0.139 e. The maximum absolute atomic E-state index is 12.9. The molecule has 2 nitrogen and oxygen atoms in total. The highest BCUT2D eigenvalue weighted by Gasteiger charge is 2.54. The number of ketones is 1. The van der Waals surface area contributed by atoms with Crippen molar-refractivity contribution < 1.29 is 4.79 Å². The molecule has 0 spiro atoms. The number of benzene rings is 2. The molecule has 2 heteroatoms. The molecule has 3 aliphatic carbocycles. The van der Waals surface area contributed by atoms with Crippen molar-refractivity contribution in [2.75, 3.05) is 7.05 Å². The van der Waals surface area contributed by atoms with Gasteiger partial charge in [-0.15, -0.1) is 0 Å². The second-order valence-electron chi connectivity index (χ2n) is 7.14. The van der Waals surface area contributed by atoms with Crippen molar-refractivity contribution in [3.8, 4) is 0 Å². The molecule has 0 amide bonds. The van der Waals surface area contributed by atoms with Crippen LogP contribution >= 0.6 is 0 Å². The molecule has 0 saturated heterocycles. The minimum absolute atomic E-state index is 0.0488. The van der Waals surface area contributed by atoms with Crippen LogP contribution in [0.15, 0.2) is 60.7 Å². The van der Waals surface area contributed by atoms with Gasteiger partial charge < -0.3 is 5.32 Å². The Kier molecular flexibility index (Phi) is 3.57. The van der Waals surface area contributed by atoms with Gasteiger partial charge in [-0.3, -0.25) is 4.79 Å². The Hall–Kier alpha value is -1.93. The second kappa shape index (κ2) is 5.61. The van der Waals surface area contributed by atoms with E-state index in [-0.39, 0.29) is 11.5 Å². The molecule has 0 aromatic heterocycles. The van der Waals surface area contributed by atoms with Gasteiger partial charge in [0.2, 0.25) is 0 Å². The number of carbonyl (C=O) groups is 1. The van der Waals surface area contributed by atoms with Gasteiger partial charge in [-0.25, -0.2) is 0 Å². The number of carbonyl (C=O) groups excluding carboxylic acids is 1. The Labute approximate surface area is 137 Å². The molecule has 3 fully saturated rings. The van der Waals surface area contributed by atoms with Crippen molar-refractivity contribution in [1.29, 1.82) is 0 Å². The van der Waals surface area contributed by atoms with Gasteiger partial charge in [0.05, 0.1) is 0 Å². The van der Waals surface area contributed by atoms with Gasteiger partial charge in [-0.2, -0.15) is 0 Å². The number of fused-ring (bicyclic) bond motifs is 3. The smallest absolute Gasteiger partial charge is 0.139 e. The first-order chi connectivity index (χ1) is 11.2. The van der Waals surface area contributed by atoms with Crippen LogP contribution in [0.5, 0.6) is 0 Å². The first kappa shape index (κ1) is 14.6. The van der Waals surface area contributed by atoms with Crippen LogP contribution in [0.25, 0.3) is 0 Å². The number of hydrogen-bond acceptors (Lipinski definition) is 2. The summed E-state index contributed by atoms with van der Waals surface area (Å²) in [6.07, 6.45) is 2.81. The third-order valence-electron chi connectivity index (χ3n) is 5.96. The van der Waals surface area contributed by atoms with Gasteiger partial charge in [-0.05, 0) is 42.9 Å². The molecule has 23 heavy (non-hydrogen) atoms. The maximum atomic E-state index is 12.9. The van der Waals surface area contributed by atoms with E-state index in [2.05, 4.69) is 66.0 Å². The molecule has 3 aliphatic rings. The lowest BCUT2D eigenvalue weighted by Crippen LogP contribution is -2.59. The number of rotatable bonds is 3. The Bertz CT molecular complexity index is 645. The van der Waals surface area contributed by atoms with Crippen LogP contribution in [-0.2, 0) is 4.79 Å². The van der Waals surface area contributed by atoms with Crippen LogP contribution in [0.2, 0.25) is 0 Å². The summed E-state index contributed by atoms with van der Waals surface area (Å²) in [6, 6.07) is 21.2. The number of Topliss-reactive ketones (excluding diaryl/α,β-unsaturated/α-hetero) is 1. The summed E-state index contributed by atoms with van der Waals surface area (Å²) >= 11 is 0. The normalized spacial score (nSPS) is 32.9. The zero-order valence-corrected chi connectivity index (χ0v) is 13.5. The molecular formula is C21H23NO. The van der Waals surface area contributed by atoms with Crippen LogP contribution in [0.3, 0.4) is 0 Å². The molecular weight excluding hydrogens is 282 g/mol. The molecule has 0 radical (unpaired) electrons. The number of hydrogen-bond donors (Lipinski definition) is 1. The van der Waals surface area contributed by atoms with Gasteiger partial charge in [0.1, 0.15) is 5.78 Å². The first-order valence-electron chi connectivity index (χ1n) is 8.54. The molecule has 2 aromatic rings. The summed E-state index contributed by atoms with van der Waals surface area (Å²) in [4.78, 5) is 12.9. The molecule has 2 unspecified atom stereocenters. The zero-order valence-electron chi connectivity index (χ0n) is 13.5. The van der Waals surface area contributed by atoms with Gasteiger partial charge >= 0.3 is 0 Å². The minimum atomic E-state index is -0.0488. The Balaban J connectivity index is 1.79. The van der Waals surface area contributed by atoms with Crippen molar-refractivity contribution >= 4 is 5.78 Å². The summed E-state index contributed by atoms with van der Waals surface area (Å²) in [7, 11) is 2.02. The van der Waals surface area contributed by atoms with E-state index in [0.29, 0.717) is 24.0 Å². The lowest BCUT2D eigenvalue weighted by atomic mass is 9.53. The summed E-state index contributed by atoms with van der Waals surface area (Å²) < 4.78 is 0. The molecule has 118 valence electrons. The van der Waals surface area contributed by atoms with E-state index in [1.807, 2.05) is 7.05 Å². The second-order valence-corrected chi connectivity index (χ2v) is 7.14. The van der Waals surface area contributed by atoms with Crippen molar-refractivity contribution in [1.82, 2.24) is 5.32 Å². The van der Waals surface area contributed by atoms with Gasteiger partial charge in [0, 0.05) is 17.9 Å². The molecule has 3 saturated carbocycles. The van der Waals surface area contributed by atoms with Crippen LogP contribution in [0.1, 0.15) is 42.2 Å². The third kappa shape index (κ3) is 2.42. The molecule has 2 aromatic carbocycles. The van der Waals surface area contributed by atoms with E-state index in [1.54, 1.807) is 0 Å². The van der Waals surface area contributed by atoms with E-state index in [9.17, 15) is 4.79 Å². The highest BCUT2D eigenvalue weighted by atomic mass is 16.1. The average molecular weight is 305 g/mol. The van der Waals surface area contributed by atoms with E-state index in [4.69, 9.17) is 0 Å². The standard InChI is InChI=1S/C21H23NO/c1-22-21-12-17(15-8-4-2-5-9-15)20(19(23)14-21)18(13-21)16-10-6-3-7-11-16/h2-11,17-18,20,22H,12-14H2,1H3. The van der Waals surface area contributed by atoms with Gasteiger partial charge in [-0.1, -0.05) is 60.7 Å². The lowest BCUT2D eigenvalue weighted by molar-refractivity contribution is -0.133. The SMILES string of the molecule is CNC12CC(=O)C(C(c3ccccc3)C1)C(c1ccccc1)C2. The van der Waals surface area contributed by atoms with Crippen molar-refractivity contribution in [2.45, 2.75) is 36.6 Å². The Morgan fingerprint density at radius 1 is 0.870 bits per heavy atom. The van der Waals surface area contributed by atoms with Crippen LogP contribution in [0.4, 0.5) is 0 Å². The average Bonchev–Trinajstić information content (AvgIpc) is 2.63. The van der Waals surface area contributed by atoms with Crippen LogP contribution in [-0.4, -0.2) is 18.4 Å². The number of nitrogens with one attached hydrogen (secondary N) is 1. The van der Waals surface area contributed by atoms with Crippen molar-refractivity contribution in [2.24, 2.45) is 5.92 Å². The first-order valence-corrected chi connectivity index (χ1v) is 8.54. The monoisotopic (exact) mass is 305 g/mol. The predicted molar refractivity (Wildman–Crippen MR) is 92.5 cm³/mol. The van der Waals surface area contributed by atoms with Gasteiger partial charge in [0.25, 0.3) is 0 Å².